The van der Waals surface area contributed by atoms with Crippen molar-refractivity contribution in [1.82, 2.24) is 0 Å². The average Bonchev–Trinajstić information content (AvgIpc) is 3.06. The molecule has 33 heavy (non-hydrogen) atoms. The highest BCUT2D eigenvalue weighted by Gasteiger charge is 2.37. The van der Waals surface area contributed by atoms with Gasteiger partial charge in [0.05, 0.1) is 22.7 Å². The van der Waals surface area contributed by atoms with E-state index in [1.807, 2.05) is 0 Å². The molecule has 0 radical (unpaired) electrons. The summed E-state index contributed by atoms with van der Waals surface area (Å²) in [4.78, 5) is 26.9. The SMILES string of the molecule is COc1ccccc1N1C(=O)S/C(=C\c2ccc(OCc3ccc(Cl)cc3Cl)c(Cl)c2)C1=O. The van der Waals surface area contributed by atoms with Gasteiger partial charge in [-0.25, -0.2) is 4.90 Å². The summed E-state index contributed by atoms with van der Waals surface area (Å²) < 4.78 is 11.1. The summed E-state index contributed by atoms with van der Waals surface area (Å²) in [6, 6.07) is 17.1. The van der Waals surface area contributed by atoms with Crippen LogP contribution in [0.25, 0.3) is 6.08 Å². The van der Waals surface area contributed by atoms with Crippen molar-refractivity contribution >= 4 is 69.5 Å². The molecule has 3 aromatic rings. The van der Waals surface area contributed by atoms with Crippen molar-refractivity contribution in [2.45, 2.75) is 6.61 Å². The highest BCUT2D eigenvalue weighted by Crippen LogP contribution is 2.40. The van der Waals surface area contributed by atoms with Crippen LogP contribution in [-0.4, -0.2) is 18.3 Å². The lowest BCUT2D eigenvalue weighted by molar-refractivity contribution is -0.113. The molecule has 0 aliphatic carbocycles. The number of ether oxygens (including phenoxy) is 2. The summed E-state index contributed by atoms with van der Waals surface area (Å²) >= 11 is 19.3. The number of hydrogen-bond acceptors (Lipinski definition) is 5. The molecular formula is C24H16Cl3NO4S. The molecule has 9 heteroatoms. The molecular weight excluding hydrogens is 505 g/mol. The van der Waals surface area contributed by atoms with Crippen LogP contribution in [0.2, 0.25) is 15.1 Å². The van der Waals surface area contributed by atoms with Gasteiger partial charge in [0.2, 0.25) is 0 Å². The molecule has 2 amide bonds. The lowest BCUT2D eigenvalue weighted by Gasteiger charge is -2.15. The third-order valence-corrected chi connectivity index (χ3v) is 6.52. The van der Waals surface area contributed by atoms with Gasteiger partial charge in [0.25, 0.3) is 11.1 Å². The molecule has 1 heterocycles. The first-order chi connectivity index (χ1) is 15.9. The van der Waals surface area contributed by atoms with Gasteiger partial charge in [0, 0.05) is 15.6 Å². The molecule has 3 aromatic carbocycles. The topological polar surface area (TPSA) is 55.8 Å². The smallest absolute Gasteiger partial charge is 0.298 e. The van der Waals surface area contributed by atoms with E-state index in [-0.39, 0.29) is 11.5 Å². The molecule has 0 N–H and O–H groups in total. The third-order valence-electron chi connectivity index (χ3n) is 4.77. The largest absolute Gasteiger partial charge is 0.495 e. The van der Waals surface area contributed by atoms with Crippen molar-refractivity contribution in [1.29, 1.82) is 0 Å². The molecule has 5 nitrogen and oxygen atoms in total. The van der Waals surface area contributed by atoms with E-state index in [0.717, 1.165) is 22.2 Å². The fourth-order valence-electron chi connectivity index (χ4n) is 3.16. The van der Waals surface area contributed by atoms with Crippen molar-refractivity contribution in [3.63, 3.8) is 0 Å². The zero-order chi connectivity index (χ0) is 23.5. The predicted octanol–water partition coefficient (Wildman–Crippen LogP) is 7.48. The Balaban J connectivity index is 1.52. The quantitative estimate of drug-likeness (QED) is 0.315. The number of anilines is 1. The third kappa shape index (κ3) is 5.14. The first kappa shape index (κ1) is 23.5. The Kier molecular flexibility index (Phi) is 7.20. The van der Waals surface area contributed by atoms with Gasteiger partial charge >= 0.3 is 0 Å². The summed E-state index contributed by atoms with van der Waals surface area (Å²) in [5, 5.41) is 1.00. The maximum Gasteiger partial charge on any atom is 0.298 e. The lowest BCUT2D eigenvalue weighted by Crippen LogP contribution is -2.28. The lowest BCUT2D eigenvalue weighted by atomic mass is 10.2. The number of imide groups is 1. The minimum atomic E-state index is -0.427. The highest BCUT2D eigenvalue weighted by molar-refractivity contribution is 8.19. The number of rotatable bonds is 6. The van der Waals surface area contributed by atoms with Crippen molar-refractivity contribution in [2.24, 2.45) is 0 Å². The number of methoxy groups -OCH3 is 1. The van der Waals surface area contributed by atoms with Gasteiger partial charge in [-0.05, 0) is 59.8 Å². The number of carbonyl (C=O) groups is 2. The molecule has 1 aliphatic heterocycles. The molecule has 4 rings (SSSR count). The molecule has 0 unspecified atom stereocenters. The normalized spacial score (nSPS) is 14.8. The minimum absolute atomic E-state index is 0.215. The second-order valence-electron chi connectivity index (χ2n) is 6.90. The first-order valence-corrected chi connectivity index (χ1v) is 11.6. The molecule has 1 aliphatic rings. The number of benzene rings is 3. The Morgan fingerprint density at radius 1 is 0.939 bits per heavy atom. The van der Waals surface area contributed by atoms with E-state index in [1.165, 1.54) is 7.11 Å². The van der Waals surface area contributed by atoms with Crippen LogP contribution in [0.15, 0.2) is 65.6 Å². The van der Waals surface area contributed by atoms with Crippen LogP contribution in [0.4, 0.5) is 10.5 Å². The van der Waals surface area contributed by atoms with Gasteiger partial charge in [0.15, 0.2) is 0 Å². The molecule has 0 saturated carbocycles. The molecule has 0 aromatic heterocycles. The first-order valence-electron chi connectivity index (χ1n) is 9.64. The number of para-hydroxylation sites is 2. The van der Waals surface area contributed by atoms with E-state index in [0.29, 0.717) is 37.8 Å². The number of amides is 2. The Bertz CT molecular complexity index is 1280. The second-order valence-corrected chi connectivity index (χ2v) is 9.15. The van der Waals surface area contributed by atoms with Gasteiger partial charge in [-0.2, -0.15) is 0 Å². The van der Waals surface area contributed by atoms with E-state index in [1.54, 1.807) is 66.7 Å². The Morgan fingerprint density at radius 2 is 1.73 bits per heavy atom. The van der Waals surface area contributed by atoms with Gasteiger partial charge in [-0.15, -0.1) is 0 Å². The minimum Gasteiger partial charge on any atom is -0.495 e. The number of nitrogens with zero attached hydrogens (tertiary/aromatic N) is 1. The van der Waals surface area contributed by atoms with E-state index >= 15 is 0 Å². The van der Waals surface area contributed by atoms with E-state index in [2.05, 4.69) is 0 Å². The van der Waals surface area contributed by atoms with E-state index in [9.17, 15) is 9.59 Å². The van der Waals surface area contributed by atoms with Crippen LogP contribution in [-0.2, 0) is 11.4 Å². The molecule has 0 spiro atoms. The Morgan fingerprint density at radius 3 is 2.45 bits per heavy atom. The van der Waals surface area contributed by atoms with Crippen LogP contribution in [0.3, 0.4) is 0 Å². The summed E-state index contributed by atoms with van der Waals surface area (Å²) in [7, 11) is 1.49. The van der Waals surface area contributed by atoms with Crippen molar-refractivity contribution < 1.29 is 19.1 Å². The van der Waals surface area contributed by atoms with E-state index < -0.39 is 11.1 Å². The number of carbonyl (C=O) groups excluding carboxylic acids is 2. The van der Waals surface area contributed by atoms with Crippen molar-refractivity contribution in [2.75, 3.05) is 12.0 Å². The van der Waals surface area contributed by atoms with Crippen molar-refractivity contribution in [3.8, 4) is 11.5 Å². The number of halogens is 3. The maximum absolute atomic E-state index is 12.9. The number of hydrogen-bond donors (Lipinski definition) is 0. The average molecular weight is 521 g/mol. The van der Waals surface area contributed by atoms with Crippen LogP contribution in [0.5, 0.6) is 11.5 Å². The van der Waals surface area contributed by atoms with Crippen LogP contribution < -0.4 is 14.4 Å². The number of thioether (sulfide) groups is 1. The van der Waals surface area contributed by atoms with Crippen molar-refractivity contribution in [3.05, 3.63) is 91.8 Å². The Labute approximate surface area is 209 Å². The molecule has 0 atom stereocenters. The van der Waals surface area contributed by atoms with Gasteiger partial charge in [-0.3, -0.25) is 9.59 Å². The molecule has 1 fully saturated rings. The zero-order valence-electron chi connectivity index (χ0n) is 17.2. The maximum atomic E-state index is 12.9. The summed E-state index contributed by atoms with van der Waals surface area (Å²) in [5.74, 6) is 0.469. The highest BCUT2D eigenvalue weighted by atomic mass is 35.5. The van der Waals surface area contributed by atoms with Crippen LogP contribution in [0.1, 0.15) is 11.1 Å². The predicted molar refractivity (Wildman–Crippen MR) is 134 cm³/mol. The second kappa shape index (κ2) is 10.1. The summed E-state index contributed by atoms with van der Waals surface area (Å²) in [6.07, 6.45) is 1.62. The monoisotopic (exact) mass is 519 g/mol. The fourth-order valence-corrected chi connectivity index (χ4v) is 4.70. The fraction of sp³-hybridized carbons (Fsp3) is 0.0833. The van der Waals surface area contributed by atoms with Crippen LogP contribution >= 0.6 is 46.6 Å². The summed E-state index contributed by atoms with van der Waals surface area (Å²) in [5.41, 5.74) is 1.82. The Hall–Kier alpha value is -2.64. The summed E-state index contributed by atoms with van der Waals surface area (Å²) in [6.45, 7) is 0.215. The van der Waals surface area contributed by atoms with Gasteiger partial charge in [-0.1, -0.05) is 59.1 Å². The zero-order valence-corrected chi connectivity index (χ0v) is 20.3. The van der Waals surface area contributed by atoms with Gasteiger partial charge in [0.1, 0.15) is 18.1 Å². The standard InChI is InChI=1S/C24H16Cl3NO4S/c1-31-21-5-3-2-4-19(21)28-23(29)22(33-24(28)30)11-14-6-9-20(18(27)10-14)32-13-15-7-8-16(25)12-17(15)26/h2-12H,13H2,1H3/b22-11-. The van der Waals surface area contributed by atoms with Crippen LogP contribution in [0, 0.1) is 0 Å². The molecule has 168 valence electrons. The van der Waals surface area contributed by atoms with E-state index in [4.69, 9.17) is 44.3 Å². The molecule has 1 saturated heterocycles. The van der Waals surface area contributed by atoms with Gasteiger partial charge < -0.3 is 9.47 Å². The molecule has 0 bridgehead atoms.